The van der Waals surface area contributed by atoms with Crippen molar-refractivity contribution in [1.29, 1.82) is 0 Å². The van der Waals surface area contributed by atoms with E-state index in [1.165, 1.54) is 12.8 Å². The van der Waals surface area contributed by atoms with Gasteiger partial charge in [0.25, 0.3) is 0 Å². The molecule has 0 spiro atoms. The molecule has 116 valence electrons. The number of hydrogen-bond donors (Lipinski definition) is 2. The minimum atomic E-state index is -0.100. The van der Waals surface area contributed by atoms with E-state index in [0.717, 1.165) is 5.56 Å². The van der Waals surface area contributed by atoms with Crippen molar-refractivity contribution in [3.63, 3.8) is 0 Å². The molecule has 1 aliphatic rings. The lowest BCUT2D eigenvalue weighted by molar-refractivity contribution is -0.123. The quantitative estimate of drug-likeness (QED) is 0.811. The zero-order valence-corrected chi connectivity index (χ0v) is 13.4. The Balaban J connectivity index is 1.87. The van der Waals surface area contributed by atoms with Gasteiger partial charge in [-0.2, -0.15) is 0 Å². The first-order valence-corrected chi connectivity index (χ1v) is 7.84. The van der Waals surface area contributed by atoms with E-state index in [4.69, 9.17) is 17.3 Å². The van der Waals surface area contributed by atoms with Crippen LogP contribution in [0, 0.1) is 5.92 Å². The smallest absolute Gasteiger partial charge is 0.234 e. The predicted molar refractivity (Wildman–Crippen MR) is 86.2 cm³/mol. The van der Waals surface area contributed by atoms with Crippen LogP contribution in [0.2, 0.25) is 5.02 Å². The molecule has 1 aromatic rings. The standard InChI is InChI=1S/C16H24ClN3O/c1-11(13-5-3-4-6-14(13)17)19-16(21)10-20(2)15(9-18)12-7-8-12/h3-6,11-12,15H,7-10,18H2,1-2H3,(H,19,21). The van der Waals surface area contributed by atoms with E-state index in [1.807, 2.05) is 38.2 Å². The molecule has 21 heavy (non-hydrogen) atoms. The maximum atomic E-state index is 12.2. The summed E-state index contributed by atoms with van der Waals surface area (Å²) in [6.07, 6.45) is 2.45. The van der Waals surface area contributed by atoms with Crippen LogP contribution in [0.15, 0.2) is 24.3 Å². The third-order valence-corrected chi connectivity index (χ3v) is 4.46. The van der Waals surface area contributed by atoms with Crippen molar-refractivity contribution in [3.8, 4) is 0 Å². The molecule has 0 saturated heterocycles. The monoisotopic (exact) mass is 309 g/mol. The Morgan fingerprint density at radius 2 is 2.14 bits per heavy atom. The van der Waals surface area contributed by atoms with Gasteiger partial charge in [0.1, 0.15) is 0 Å². The molecule has 1 amide bonds. The highest BCUT2D eigenvalue weighted by molar-refractivity contribution is 6.31. The predicted octanol–water partition coefficient (Wildman–Crippen LogP) is 2.19. The van der Waals surface area contributed by atoms with Crippen molar-refractivity contribution in [2.45, 2.75) is 31.8 Å². The molecule has 0 heterocycles. The van der Waals surface area contributed by atoms with Crippen LogP contribution in [0.5, 0.6) is 0 Å². The first-order chi connectivity index (χ1) is 10.0. The second-order valence-electron chi connectivity index (χ2n) is 5.87. The van der Waals surface area contributed by atoms with Crippen LogP contribution in [-0.2, 0) is 4.79 Å². The second kappa shape index (κ2) is 7.25. The molecule has 0 aromatic heterocycles. The van der Waals surface area contributed by atoms with Gasteiger partial charge in [0.05, 0.1) is 12.6 Å². The molecule has 2 atom stereocenters. The maximum absolute atomic E-state index is 12.2. The topological polar surface area (TPSA) is 58.4 Å². The highest BCUT2D eigenvalue weighted by atomic mass is 35.5. The number of nitrogens with zero attached hydrogens (tertiary/aromatic N) is 1. The third kappa shape index (κ3) is 4.43. The molecule has 1 saturated carbocycles. The normalized spacial score (nSPS) is 17.6. The van der Waals surface area contributed by atoms with Gasteiger partial charge in [-0.05, 0) is 44.4 Å². The molecule has 2 rings (SSSR count). The zero-order valence-electron chi connectivity index (χ0n) is 12.7. The molecule has 0 radical (unpaired) electrons. The number of amides is 1. The van der Waals surface area contributed by atoms with E-state index in [0.29, 0.717) is 30.1 Å². The number of nitrogens with two attached hydrogens (primary N) is 1. The van der Waals surface area contributed by atoms with Crippen LogP contribution in [-0.4, -0.2) is 37.0 Å². The Morgan fingerprint density at radius 3 is 2.71 bits per heavy atom. The SMILES string of the molecule is CC(NC(=O)CN(C)C(CN)C1CC1)c1ccccc1Cl. The van der Waals surface area contributed by atoms with Crippen LogP contribution in [0.1, 0.15) is 31.4 Å². The maximum Gasteiger partial charge on any atom is 0.234 e. The van der Waals surface area contributed by atoms with Gasteiger partial charge >= 0.3 is 0 Å². The number of halogens is 1. The molecule has 0 aliphatic heterocycles. The van der Waals surface area contributed by atoms with E-state index < -0.39 is 0 Å². The van der Waals surface area contributed by atoms with Crippen molar-refractivity contribution in [1.82, 2.24) is 10.2 Å². The van der Waals surface area contributed by atoms with Gasteiger partial charge in [-0.15, -0.1) is 0 Å². The van der Waals surface area contributed by atoms with Crippen LogP contribution in [0.4, 0.5) is 0 Å². The van der Waals surface area contributed by atoms with Gasteiger partial charge < -0.3 is 11.1 Å². The molecular weight excluding hydrogens is 286 g/mol. The van der Waals surface area contributed by atoms with Crippen LogP contribution in [0.25, 0.3) is 0 Å². The second-order valence-corrected chi connectivity index (χ2v) is 6.27. The number of hydrogen-bond acceptors (Lipinski definition) is 3. The van der Waals surface area contributed by atoms with E-state index in [9.17, 15) is 4.79 Å². The van der Waals surface area contributed by atoms with Crippen molar-refractivity contribution in [3.05, 3.63) is 34.9 Å². The average molecular weight is 310 g/mol. The molecule has 4 nitrogen and oxygen atoms in total. The minimum Gasteiger partial charge on any atom is -0.348 e. The minimum absolute atomic E-state index is 0.00372. The van der Waals surface area contributed by atoms with Gasteiger partial charge in [0.15, 0.2) is 0 Å². The summed E-state index contributed by atoms with van der Waals surface area (Å²) >= 11 is 6.15. The number of likely N-dealkylation sites (N-methyl/N-ethyl adjacent to an activating group) is 1. The fourth-order valence-corrected chi connectivity index (χ4v) is 3.05. The molecule has 0 bridgehead atoms. The van der Waals surface area contributed by atoms with Crippen molar-refractivity contribution < 1.29 is 4.79 Å². The first kappa shape index (κ1) is 16.3. The molecule has 1 aliphatic carbocycles. The van der Waals surface area contributed by atoms with Gasteiger partial charge in [-0.1, -0.05) is 29.8 Å². The molecular formula is C16H24ClN3O. The van der Waals surface area contributed by atoms with Crippen molar-refractivity contribution in [2.75, 3.05) is 20.1 Å². The zero-order chi connectivity index (χ0) is 15.4. The van der Waals surface area contributed by atoms with E-state index in [2.05, 4.69) is 10.2 Å². The Bertz CT molecular complexity index is 490. The largest absolute Gasteiger partial charge is 0.348 e. The van der Waals surface area contributed by atoms with Crippen LogP contribution >= 0.6 is 11.6 Å². The number of carbonyl (C=O) groups is 1. The number of rotatable bonds is 7. The molecule has 3 N–H and O–H groups in total. The number of benzene rings is 1. The molecule has 5 heteroatoms. The van der Waals surface area contributed by atoms with Crippen LogP contribution in [0.3, 0.4) is 0 Å². The first-order valence-electron chi connectivity index (χ1n) is 7.47. The van der Waals surface area contributed by atoms with Crippen molar-refractivity contribution in [2.24, 2.45) is 11.7 Å². The molecule has 1 aromatic carbocycles. The van der Waals surface area contributed by atoms with Gasteiger partial charge in [0, 0.05) is 17.6 Å². The lowest BCUT2D eigenvalue weighted by Gasteiger charge is -2.27. The highest BCUT2D eigenvalue weighted by Gasteiger charge is 2.33. The summed E-state index contributed by atoms with van der Waals surface area (Å²) in [6.45, 7) is 2.92. The summed E-state index contributed by atoms with van der Waals surface area (Å²) in [7, 11) is 1.97. The molecule has 2 unspecified atom stereocenters. The van der Waals surface area contributed by atoms with E-state index >= 15 is 0 Å². The number of carbonyl (C=O) groups excluding carboxylic acids is 1. The average Bonchev–Trinajstić information content (AvgIpc) is 3.24. The lowest BCUT2D eigenvalue weighted by atomic mass is 10.1. The Kier molecular flexibility index (Phi) is 5.62. The van der Waals surface area contributed by atoms with Gasteiger partial charge in [0.2, 0.25) is 5.91 Å². The summed E-state index contributed by atoms with van der Waals surface area (Å²) < 4.78 is 0. The Morgan fingerprint density at radius 1 is 1.48 bits per heavy atom. The summed E-state index contributed by atoms with van der Waals surface area (Å²) in [4.78, 5) is 14.2. The summed E-state index contributed by atoms with van der Waals surface area (Å²) in [6, 6.07) is 7.79. The highest BCUT2D eigenvalue weighted by Crippen LogP contribution is 2.34. The third-order valence-electron chi connectivity index (χ3n) is 4.12. The Labute approximate surface area is 131 Å². The fraction of sp³-hybridized carbons (Fsp3) is 0.562. The van der Waals surface area contributed by atoms with E-state index in [1.54, 1.807) is 0 Å². The Hall–Kier alpha value is -1.10. The lowest BCUT2D eigenvalue weighted by Crippen LogP contribution is -2.45. The van der Waals surface area contributed by atoms with Gasteiger partial charge in [-0.3, -0.25) is 9.69 Å². The number of nitrogens with one attached hydrogen (secondary N) is 1. The van der Waals surface area contributed by atoms with E-state index in [-0.39, 0.29) is 11.9 Å². The van der Waals surface area contributed by atoms with Crippen LogP contribution < -0.4 is 11.1 Å². The summed E-state index contributed by atoms with van der Waals surface area (Å²) in [5, 5.41) is 3.68. The summed E-state index contributed by atoms with van der Waals surface area (Å²) in [5.41, 5.74) is 6.75. The fourth-order valence-electron chi connectivity index (χ4n) is 2.75. The summed E-state index contributed by atoms with van der Waals surface area (Å²) in [5.74, 6) is 0.665. The van der Waals surface area contributed by atoms with Gasteiger partial charge in [-0.25, -0.2) is 0 Å². The molecule has 1 fully saturated rings. The van der Waals surface area contributed by atoms with Crippen molar-refractivity contribution >= 4 is 17.5 Å².